The van der Waals surface area contributed by atoms with Crippen molar-refractivity contribution in [3.05, 3.63) is 146 Å². The molecule has 0 aliphatic carbocycles. The van der Waals surface area contributed by atoms with E-state index in [1.54, 1.807) is 32.4 Å². The first-order valence-corrected chi connectivity index (χ1v) is 17.7. The van der Waals surface area contributed by atoms with Crippen molar-refractivity contribution < 1.29 is 23.7 Å². The maximum Gasteiger partial charge on any atom is 0.271 e. The quantitative estimate of drug-likeness (QED) is 0.0838. The minimum atomic E-state index is -0.348. The predicted molar refractivity (Wildman–Crippen MR) is 206 cm³/mol. The molecule has 0 spiro atoms. The number of nitrogens with zero attached hydrogens (tertiary/aromatic N) is 2. The lowest BCUT2D eigenvalue weighted by atomic mass is 10.1. The van der Waals surface area contributed by atoms with Crippen LogP contribution in [0.3, 0.4) is 0 Å². The highest BCUT2D eigenvalue weighted by molar-refractivity contribution is 9.10. The van der Waals surface area contributed by atoms with E-state index in [9.17, 15) is 4.79 Å². The molecular weight excluding hydrogens is 752 g/mol. The molecule has 0 radical (unpaired) electrons. The molecule has 1 aromatic heterocycles. The number of rotatable bonds is 14. The third kappa shape index (κ3) is 9.46. The Labute approximate surface area is 313 Å². The van der Waals surface area contributed by atoms with Gasteiger partial charge in [0, 0.05) is 27.2 Å². The second-order valence-corrected chi connectivity index (χ2v) is 13.2. The van der Waals surface area contributed by atoms with Gasteiger partial charge in [-0.05, 0) is 93.3 Å². The van der Waals surface area contributed by atoms with Gasteiger partial charge < -0.3 is 24.3 Å². The number of halogens is 2. The summed E-state index contributed by atoms with van der Waals surface area (Å²) in [6, 6.07) is 33.8. The number of amides is 1. The Kier molecular flexibility index (Phi) is 11.8. The van der Waals surface area contributed by atoms with Crippen molar-refractivity contribution in [2.45, 2.75) is 13.2 Å². The van der Waals surface area contributed by atoms with E-state index in [0.29, 0.717) is 50.2 Å². The van der Waals surface area contributed by atoms with Crippen LogP contribution < -0.4 is 29.7 Å². The van der Waals surface area contributed by atoms with Crippen molar-refractivity contribution >= 4 is 61.8 Å². The zero-order valence-corrected chi connectivity index (χ0v) is 30.7. The Morgan fingerprint density at radius 2 is 1.59 bits per heavy atom. The molecular formula is C39H32BrClN4O5S. The summed E-state index contributed by atoms with van der Waals surface area (Å²) in [6.45, 7) is 0.695. The Hall–Kier alpha value is -5.36. The maximum atomic E-state index is 12.8. The standard InChI is InChI=1S/C39H32BrClN4O5S/c1-47-35-19-26(8-17-34(35)49-22-25-6-4-3-5-7-25)23-50-37-32(40)18-27(20-36(37)48-2)21-42-45-38(46)29-11-9-28(10-12-29)33-24-51-39(44-33)43-31-15-13-30(41)14-16-31/h3-21,24H,22-23H2,1-2H3,(H,43,44)(H,45,46)/b42-21-. The van der Waals surface area contributed by atoms with Crippen molar-refractivity contribution in [1.29, 1.82) is 0 Å². The Balaban J connectivity index is 1.03. The Morgan fingerprint density at radius 1 is 0.843 bits per heavy atom. The molecule has 0 atom stereocenters. The van der Waals surface area contributed by atoms with Gasteiger partial charge in [0.2, 0.25) is 0 Å². The van der Waals surface area contributed by atoms with Crippen LogP contribution in [0.1, 0.15) is 27.0 Å². The first-order valence-electron chi connectivity index (χ1n) is 15.6. The van der Waals surface area contributed by atoms with Crippen molar-refractivity contribution in [2.75, 3.05) is 19.5 Å². The van der Waals surface area contributed by atoms with Crippen molar-refractivity contribution in [3.63, 3.8) is 0 Å². The molecule has 0 aliphatic rings. The molecule has 1 heterocycles. The van der Waals surface area contributed by atoms with Crippen LogP contribution in [0.5, 0.6) is 23.0 Å². The molecule has 12 heteroatoms. The van der Waals surface area contributed by atoms with E-state index in [4.69, 9.17) is 30.5 Å². The van der Waals surface area contributed by atoms with E-state index in [0.717, 1.165) is 33.2 Å². The lowest BCUT2D eigenvalue weighted by molar-refractivity contribution is 0.0955. The van der Waals surface area contributed by atoms with E-state index in [-0.39, 0.29) is 12.5 Å². The average Bonchev–Trinajstić information content (AvgIpc) is 3.63. The van der Waals surface area contributed by atoms with E-state index in [1.807, 2.05) is 96.4 Å². The molecule has 0 bridgehead atoms. The van der Waals surface area contributed by atoms with Gasteiger partial charge in [0.05, 0.1) is 30.6 Å². The number of hydrazone groups is 1. The first kappa shape index (κ1) is 35.5. The summed E-state index contributed by atoms with van der Waals surface area (Å²) in [5.41, 5.74) is 8.27. The van der Waals surface area contributed by atoms with Crippen molar-refractivity contribution in [1.82, 2.24) is 10.4 Å². The highest BCUT2D eigenvalue weighted by atomic mass is 79.9. The number of hydrogen-bond acceptors (Lipinski definition) is 9. The smallest absolute Gasteiger partial charge is 0.271 e. The fraction of sp³-hybridized carbons (Fsp3) is 0.103. The van der Waals surface area contributed by atoms with Gasteiger partial charge in [-0.15, -0.1) is 11.3 Å². The summed E-state index contributed by atoms with van der Waals surface area (Å²) in [5, 5.41) is 10.8. The summed E-state index contributed by atoms with van der Waals surface area (Å²) in [6.07, 6.45) is 1.53. The molecule has 0 fully saturated rings. The molecule has 1 amide bonds. The van der Waals surface area contributed by atoms with Crippen LogP contribution in [-0.4, -0.2) is 31.3 Å². The number of thiazole rings is 1. The number of benzene rings is 5. The van der Waals surface area contributed by atoms with Crippen LogP contribution >= 0.6 is 38.9 Å². The fourth-order valence-corrected chi connectivity index (χ4v) is 6.35. The molecule has 258 valence electrons. The molecule has 2 N–H and O–H groups in total. The third-order valence-corrected chi connectivity index (χ3v) is 9.12. The molecule has 6 rings (SSSR count). The van der Waals surface area contributed by atoms with Gasteiger partial charge >= 0.3 is 0 Å². The molecule has 0 saturated carbocycles. The van der Waals surface area contributed by atoms with Crippen molar-refractivity contribution in [2.24, 2.45) is 5.10 Å². The van der Waals surface area contributed by atoms with Crippen LogP contribution in [0, 0.1) is 0 Å². The molecule has 5 aromatic carbocycles. The topological polar surface area (TPSA) is 103 Å². The SMILES string of the molecule is COc1cc(COc2c(Br)cc(/C=N\NC(=O)c3ccc(-c4csc(Nc5ccc(Cl)cc5)n4)cc3)cc2OC)ccc1OCc1ccccc1. The van der Waals surface area contributed by atoms with Gasteiger partial charge in [-0.25, -0.2) is 10.4 Å². The molecule has 0 saturated heterocycles. The van der Waals surface area contributed by atoms with Crippen LogP contribution in [0.4, 0.5) is 10.8 Å². The number of methoxy groups -OCH3 is 2. The van der Waals surface area contributed by atoms with Gasteiger partial charge in [0.15, 0.2) is 28.1 Å². The summed E-state index contributed by atoms with van der Waals surface area (Å²) < 4.78 is 24.0. The van der Waals surface area contributed by atoms with E-state index < -0.39 is 0 Å². The maximum absolute atomic E-state index is 12.8. The van der Waals surface area contributed by atoms with Crippen LogP contribution in [0.25, 0.3) is 11.3 Å². The summed E-state index contributed by atoms with van der Waals surface area (Å²) in [5.74, 6) is 1.93. The highest BCUT2D eigenvalue weighted by Gasteiger charge is 2.14. The Bertz CT molecular complexity index is 2130. The van der Waals surface area contributed by atoms with E-state index in [2.05, 4.69) is 36.8 Å². The Morgan fingerprint density at radius 3 is 2.33 bits per heavy atom. The molecule has 51 heavy (non-hydrogen) atoms. The van der Waals surface area contributed by atoms with Crippen LogP contribution in [0.2, 0.25) is 5.02 Å². The third-order valence-electron chi connectivity index (χ3n) is 7.52. The average molecular weight is 784 g/mol. The number of anilines is 2. The van der Waals surface area contributed by atoms with Gasteiger partial charge in [-0.3, -0.25) is 4.79 Å². The second-order valence-electron chi connectivity index (χ2n) is 11.0. The number of nitrogens with one attached hydrogen (secondary N) is 2. The molecule has 0 aliphatic heterocycles. The van der Waals surface area contributed by atoms with Crippen LogP contribution in [-0.2, 0) is 13.2 Å². The summed E-state index contributed by atoms with van der Waals surface area (Å²) in [4.78, 5) is 17.5. The van der Waals surface area contributed by atoms with E-state index >= 15 is 0 Å². The van der Waals surface area contributed by atoms with Gasteiger partial charge in [-0.1, -0.05) is 60.1 Å². The zero-order chi connectivity index (χ0) is 35.6. The lowest BCUT2D eigenvalue weighted by Crippen LogP contribution is -2.17. The fourth-order valence-electron chi connectivity index (χ4n) is 4.91. The normalized spacial score (nSPS) is 10.9. The van der Waals surface area contributed by atoms with Gasteiger partial charge in [0.25, 0.3) is 5.91 Å². The number of carbonyl (C=O) groups is 1. The largest absolute Gasteiger partial charge is 0.493 e. The minimum Gasteiger partial charge on any atom is -0.493 e. The lowest BCUT2D eigenvalue weighted by Gasteiger charge is -2.15. The zero-order valence-electron chi connectivity index (χ0n) is 27.6. The van der Waals surface area contributed by atoms with E-state index in [1.165, 1.54) is 17.6 Å². The van der Waals surface area contributed by atoms with Gasteiger partial charge in [0.1, 0.15) is 13.2 Å². The van der Waals surface area contributed by atoms with Crippen LogP contribution in [0.15, 0.2) is 124 Å². The molecule has 6 aromatic rings. The molecule has 9 nitrogen and oxygen atoms in total. The summed E-state index contributed by atoms with van der Waals surface area (Å²) >= 11 is 11.0. The van der Waals surface area contributed by atoms with Crippen molar-refractivity contribution in [3.8, 4) is 34.3 Å². The minimum absolute atomic E-state index is 0.260. The monoisotopic (exact) mass is 782 g/mol. The number of ether oxygens (including phenoxy) is 4. The number of aromatic nitrogens is 1. The molecule has 0 unspecified atom stereocenters. The first-order chi connectivity index (χ1) is 24.9. The predicted octanol–water partition coefficient (Wildman–Crippen LogP) is 9.91. The number of carbonyl (C=O) groups excluding carboxylic acids is 1. The van der Waals surface area contributed by atoms with Gasteiger partial charge in [-0.2, -0.15) is 5.10 Å². The highest BCUT2D eigenvalue weighted by Crippen LogP contribution is 2.37. The number of hydrogen-bond donors (Lipinski definition) is 2. The second kappa shape index (κ2) is 17.0. The summed E-state index contributed by atoms with van der Waals surface area (Å²) in [7, 11) is 3.17.